The Kier molecular flexibility index (Phi) is 6.12. The Labute approximate surface area is 159 Å². The first-order valence-corrected chi connectivity index (χ1v) is 9.08. The van der Waals surface area contributed by atoms with Crippen molar-refractivity contribution < 1.29 is 9.53 Å². The Morgan fingerprint density at radius 2 is 1.63 bits per heavy atom. The number of rotatable bonds is 8. The van der Waals surface area contributed by atoms with Crippen molar-refractivity contribution >= 4 is 5.97 Å². The van der Waals surface area contributed by atoms with Gasteiger partial charge >= 0.3 is 5.97 Å². The fourth-order valence-electron chi connectivity index (χ4n) is 3.79. The second-order valence-electron chi connectivity index (χ2n) is 7.10. The third kappa shape index (κ3) is 4.48. The lowest BCUT2D eigenvalue weighted by Gasteiger charge is -2.49. The van der Waals surface area contributed by atoms with Crippen LogP contribution in [0.25, 0.3) is 10.4 Å². The summed E-state index contributed by atoms with van der Waals surface area (Å²) in [6.45, 7) is 1.76. The van der Waals surface area contributed by atoms with Gasteiger partial charge in [0.25, 0.3) is 0 Å². The minimum atomic E-state index is -0.697. The molecule has 0 aliphatic heterocycles. The van der Waals surface area contributed by atoms with Crippen LogP contribution in [0.3, 0.4) is 0 Å². The molecule has 0 aromatic heterocycles. The number of ether oxygens (including phenoxy) is 1. The summed E-state index contributed by atoms with van der Waals surface area (Å²) in [7, 11) is 1.39. The fourth-order valence-corrected chi connectivity index (χ4v) is 3.79. The highest BCUT2D eigenvalue weighted by Gasteiger charge is 2.52. The van der Waals surface area contributed by atoms with Crippen LogP contribution in [0.4, 0.5) is 0 Å². The van der Waals surface area contributed by atoms with Crippen LogP contribution in [-0.4, -0.2) is 30.6 Å². The Morgan fingerprint density at radius 1 is 1.11 bits per heavy atom. The number of carbonyl (C=O) groups is 1. The molecule has 3 rings (SSSR count). The van der Waals surface area contributed by atoms with Gasteiger partial charge in [0.2, 0.25) is 0 Å². The van der Waals surface area contributed by atoms with E-state index in [1.807, 2.05) is 36.4 Å². The monoisotopic (exact) mass is 364 g/mol. The summed E-state index contributed by atoms with van der Waals surface area (Å²) in [6.07, 6.45) is 1.27. The summed E-state index contributed by atoms with van der Waals surface area (Å²) in [5.74, 6) is -0.287. The van der Waals surface area contributed by atoms with Crippen LogP contribution in [0.15, 0.2) is 65.8 Å². The van der Waals surface area contributed by atoms with E-state index in [0.29, 0.717) is 12.8 Å². The first-order valence-electron chi connectivity index (χ1n) is 9.08. The topological polar surface area (TPSA) is 78.3 Å². The van der Waals surface area contributed by atoms with Gasteiger partial charge in [0.15, 0.2) is 0 Å². The van der Waals surface area contributed by atoms with Gasteiger partial charge in [-0.1, -0.05) is 65.8 Å². The molecule has 2 aromatic rings. The van der Waals surface area contributed by atoms with Crippen molar-refractivity contribution in [1.82, 2.24) is 4.90 Å². The van der Waals surface area contributed by atoms with Gasteiger partial charge in [-0.25, -0.2) is 0 Å². The van der Waals surface area contributed by atoms with Crippen LogP contribution in [0.2, 0.25) is 0 Å². The zero-order valence-electron chi connectivity index (χ0n) is 15.5. The molecule has 0 radical (unpaired) electrons. The van der Waals surface area contributed by atoms with Crippen molar-refractivity contribution in [2.24, 2.45) is 10.5 Å². The molecule has 1 aliphatic carbocycles. The summed E-state index contributed by atoms with van der Waals surface area (Å²) >= 11 is 0. The number of nitrogens with zero attached hydrogens (tertiary/aromatic N) is 4. The van der Waals surface area contributed by atoms with Crippen molar-refractivity contribution in [3.05, 3.63) is 82.2 Å². The van der Waals surface area contributed by atoms with Crippen LogP contribution in [0.1, 0.15) is 24.0 Å². The summed E-state index contributed by atoms with van der Waals surface area (Å²) < 4.78 is 4.98. The van der Waals surface area contributed by atoms with E-state index in [0.717, 1.165) is 13.1 Å². The van der Waals surface area contributed by atoms with Gasteiger partial charge in [-0.15, -0.1) is 0 Å². The molecule has 6 nitrogen and oxygen atoms in total. The maximum absolute atomic E-state index is 12.3. The molecule has 0 saturated heterocycles. The highest BCUT2D eigenvalue weighted by atomic mass is 16.5. The van der Waals surface area contributed by atoms with Gasteiger partial charge in [0.05, 0.1) is 12.5 Å². The van der Waals surface area contributed by atoms with Gasteiger partial charge in [-0.05, 0) is 29.5 Å². The average molecular weight is 364 g/mol. The molecule has 1 aliphatic rings. The van der Waals surface area contributed by atoms with Gasteiger partial charge < -0.3 is 4.74 Å². The lowest BCUT2D eigenvalue weighted by molar-refractivity contribution is -0.162. The Hall–Kier alpha value is -2.82. The highest BCUT2D eigenvalue weighted by molar-refractivity contribution is 5.78. The van der Waals surface area contributed by atoms with Crippen LogP contribution >= 0.6 is 0 Å². The number of hydrogen-bond acceptors (Lipinski definition) is 4. The minimum Gasteiger partial charge on any atom is -0.469 e. The fraction of sp³-hybridized carbons (Fsp3) is 0.381. The molecule has 0 spiro atoms. The Bertz CT molecular complexity index is 756. The summed E-state index contributed by atoms with van der Waals surface area (Å²) in [5, 5.41) is 3.66. The molecule has 0 heterocycles. The molecule has 27 heavy (non-hydrogen) atoms. The van der Waals surface area contributed by atoms with E-state index in [4.69, 9.17) is 10.3 Å². The molecule has 1 fully saturated rings. The van der Waals surface area contributed by atoms with Gasteiger partial charge in [0.1, 0.15) is 0 Å². The van der Waals surface area contributed by atoms with Crippen molar-refractivity contribution in [3.8, 4) is 0 Å². The van der Waals surface area contributed by atoms with Crippen LogP contribution in [-0.2, 0) is 22.6 Å². The minimum absolute atomic E-state index is 0.150. The molecule has 140 valence electrons. The molecule has 2 aromatic carbocycles. The number of hydrogen-bond donors (Lipinski definition) is 0. The second-order valence-corrected chi connectivity index (χ2v) is 7.10. The highest BCUT2D eigenvalue weighted by Crippen LogP contribution is 2.46. The zero-order chi connectivity index (χ0) is 19.1. The molecule has 0 atom stereocenters. The van der Waals surface area contributed by atoms with E-state index in [9.17, 15) is 4.79 Å². The lowest BCUT2D eigenvalue weighted by Crippen LogP contribution is -2.55. The van der Waals surface area contributed by atoms with E-state index in [2.05, 4.69) is 39.2 Å². The second kappa shape index (κ2) is 8.71. The Balaban J connectivity index is 1.76. The average Bonchev–Trinajstić information content (AvgIpc) is 2.68. The predicted molar refractivity (Wildman–Crippen MR) is 104 cm³/mol. The molecular formula is C21H24N4O2. The van der Waals surface area contributed by atoms with Crippen LogP contribution < -0.4 is 0 Å². The summed E-state index contributed by atoms with van der Waals surface area (Å²) in [5.41, 5.74) is 10.4. The number of methoxy groups -OCH3 is 1. The van der Waals surface area contributed by atoms with Crippen LogP contribution in [0, 0.1) is 5.41 Å². The van der Waals surface area contributed by atoms with Crippen molar-refractivity contribution in [3.63, 3.8) is 0 Å². The maximum Gasteiger partial charge on any atom is 0.312 e. The number of azide groups is 1. The van der Waals surface area contributed by atoms with Gasteiger partial charge in [-0.2, -0.15) is 0 Å². The largest absolute Gasteiger partial charge is 0.469 e. The molecule has 0 amide bonds. The summed E-state index contributed by atoms with van der Waals surface area (Å²) in [4.78, 5) is 17.5. The van der Waals surface area contributed by atoms with E-state index < -0.39 is 5.41 Å². The standard InChI is InChI=1S/C21H24N4O2/c1-27-20(26)21(16-23-24-22)12-19(13-21)25(14-17-8-4-2-5-9-17)15-18-10-6-3-7-11-18/h2-11,19H,12-16H2,1H3. The number of esters is 1. The lowest BCUT2D eigenvalue weighted by atomic mass is 9.64. The number of benzene rings is 2. The Morgan fingerprint density at radius 3 is 2.07 bits per heavy atom. The van der Waals surface area contributed by atoms with Gasteiger partial charge in [0, 0.05) is 30.6 Å². The normalized spacial score (nSPS) is 21.2. The van der Waals surface area contributed by atoms with Crippen molar-refractivity contribution in [2.75, 3.05) is 13.7 Å². The molecule has 1 saturated carbocycles. The summed E-state index contributed by atoms with van der Waals surface area (Å²) in [6, 6.07) is 20.9. The van der Waals surface area contributed by atoms with Crippen LogP contribution in [0.5, 0.6) is 0 Å². The van der Waals surface area contributed by atoms with Crippen molar-refractivity contribution in [1.29, 1.82) is 0 Å². The molecule has 0 bridgehead atoms. The van der Waals surface area contributed by atoms with Gasteiger partial charge in [-0.3, -0.25) is 9.69 Å². The van der Waals surface area contributed by atoms with E-state index in [-0.39, 0.29) is 18.6 Å². The third-order valence-electron chi connectivity index (χ3n) is 5.28. The predicted octanol–water partition coefficient (Wildman–Crippen LogP) is 4.32. The van der Waals surface area contributed by atoms with E-state index in [1.165, 1.54) is 18.2 Å². The molecular weight excluding hydrogens is 340 g/mol. The number of carbonyl (C=O) groups excluding carboxylic acids is 1. The smallest absolute Gasteiger partial charge is 0.312 e. The third-order valence-corrected chi connectivity index (χ3v) is 5.28. The van der Waals surface area contributed by atoms with Crippen molar-refractivity contribution in [2.45, 2.75) is 32.0 Å². The zero-order valence-corrected chi connectivity index (χ0v) is 15.5. The maximum atomic E-state index is 12.3. The molecule has 0 unspecified atom stereocenters. The SMILES string of the molecule is COC(=O)C1(CN=[N+]=[N-])CC(N(Cc2ccccc2)Cc2ccccc2)C1. The first-order chi connectivity index (χ1) is 13.2. The first kappa shape index (κ1) is 19.0. The molecule has 6 heteroatoms. The molecule has 0 N–H and O–H groups in total. The van der Waals surface area contributed by atoms with E-state index in [1.54, 1.807) is 0 Å². The quantitative estimate of drug-likeness (QED) is 0.303. The van der Waals surface area contributed by atoms with E-state index >= 15 is 0 Å².